The summed E-state index contributed by atoms with van der Waals surface area (Å²) in [5.41, 5.74) is 3.74. The van der Waals surface area contributed by atoms with Crippen molar-refractivity contribution in [2.75, 3.05) is 7.11 Å². The highest BCUT2D eigenvalue weighted by molar-refractivity contribution is 5.82. The lowest BCUT2D eigenvalue weighted by Gasteiger charge is -2.23. The van der Waals surface area contributed by atoms with Crippen molar-refractivity contribution in [2.45, 2.75) is 32.7 Å². The first-order valence-corrected chi connectivity index (χ1v) is 5.76. The first kappa shape index (κ1) is 9.70. The summed E-state index contributed by atoms with van der Waals surface area (Å²) in [7, 11) is 1.71. The summed E-state index contributed by atoms with van der Waals surface area (Å²) in [6, 6.07) is 4.73. The quantitative estimate of drug-likeness (QED) is 0.733. The molecule has 0 aliphatic carbocycles. The molecule has 1 aliphatic heterocycles. The summed E-state index contributed by atoms with van der Waals surface area (Å²) >= 11 is 0. The topological polar surface area (TPSA) is 27.1 Å². The van der Waals surface area contributed by atoms with Crippen molar-refractivity contribution in [3.63, 3.8) is 0 Å². The summed E-state index contributed by atoms with van der Waals surface area (Å²) < 4.78 is 7.67. The van der Waals surface area contributed by atoms with Crippen molar-refractivity contribution in [1.29, 1.82) is 0 Å². The van der Waals surface area contributed by atoms with Gasteiger partial charge in [0.2, 0.25) is 0 Å². The highest BCUT2D eigenvalue weighted by atomic mass is 16.5. The average Bonchev–Trinajstić information content (AvgIpc) is 2.61. The van der Waals surface area contributed by atoms with Crippen LogP contribution in [-0.2, 0) is 6.42 Å². The van der Waals surface area contributed by atoms with Gasteiger partial charge < -0.3 is 9.30 Å². The minimum Gasteiger partial charge on any atom is -0.497 e. The van der Waals surface area contributed by atoms with Crippen LogP contribution >= 0.6 is 0 Å². The van der Waals surface area contributed by atoms with Crippen molar-refractivity contribution < 1.29 is 4.74 Å². The van der Waals surface area contributed by atoms with Gasteiger partial charge in [0, 0.05) is 12.1 Å². The Bertz CT molecular complexity index is 557. The highest BCUT2D eigenvalue weighted by Crippen LogP contribution is 2.34. The van der Waals surface area contributed by atoms with E-state index in [0.29, 0.717) is 6.04 Å². The van der Waals surface area contributed by atoms with Gasteiger partial charge in [0.15, 0.2) is 0 Å². The third-order valence-electron chi connectivity index (χ3n) is 3.52. The van der Waals surface area contributed by atoms with Crippen molar-refractivity contribution in [3.05, 3.63) is 23.5 Å². The van der Waals surface area contributed by atoms with E-state index in [0.717, 1.165) is 23.5 Å². The molecule has 3 heteroatoms. The van der Waals surface area contributed by atoms with Crippen LogP contribution in [0.1, 0.15) is 30.8 Å². The lowest BCUT2D eigenvalue weighted by atomic mass is 9.99. The SMILES string of the molecule is COc1cc2c3c(c1)nc(C)n3C(C)CC2. The Hall–Kier alpha value is -1.51. The Morgan fingerprint density at radius 2 is 2.25 bits per heavy atom. The normalized spacial score (nSPS) is 19.1. The van der Waals surface area contributed by atoms with Crippen LogP contribution in [0.3, 0.4) is 0 Å². The molecule has 0 fully saturated rings. The molecule has 0 amide bonds. The number of rotatable bonds is 1. The molecule has 1 aromatic heterocycles. The van der Waals surface area contributed by atoms with Crippen LogP contribution in [0.5, 0.6) is 5.75 Å². The molecule has 0 bridgehead atoms. The summed E-state index contributed by atoms with van der Waals surface area (Å²) in [6.45, 7) is 4.35. The van der Waals surface area contributed by atoms with Crippen molar-refractivity contribution in [3.8, 4) is 5.75 Å². The fourth-order valence-corrected chi connectivity index (χ4v) is 2.74. The van der Waals surface area contributed by atoms with Gasteiger partial charge in [0.1, 0.15) is 11.6 Å². The smallest absolute Gasteiger partial charge is 0.121 e. The summed E-state index contributed by atoms with van der Waals surface area (Å²) in [6.07, 6.45) is 2.31. The molecule has 16 heavy (non-hydrogen) atoms. The number of aryl methyl sites for hydroxylation is 2. The molecule has 2 aromatic rings. The molecular formula is C13H16N2O. The van der Waals surface area contributed by atoms with Crippen LogP contribution in [0, 0.1) is 6.92 Å². The zero-order valence-electron chi connectivity index (χ0n) is 9.95. The number of aromatic nitrogens is 2. The van der Waals surface area contributed by atoms with Gasteiger partial charge >= 0.3 is 0 Å². The Kier molecular flexibility index (Phi) is 1.96. The van der Waals surface area contributed by atoms with Gasteiger partial charge in [-0.3, -0.25) is 0 Å². The molecule has 0 radical (unpaired) electrons. The molecule has 1 unspecified atom stereocenters. The lowest BCUT2D eigenvalue weighted by molar-refractivity contribution is 0.414. The number of hydrogen-bond acceptors (Lipinski definition) is 2. The van der Waals surface area contributed by atoms with Crippen LogP contribution in [-0.4, -0.2) is 16.7 Å². The van der Waals surface area contributed by atoms with Crippen LogP contribution in [0.15, 0.2) is 12.1 Å². The van der Waals surface area contributed by atoms with Crippen LogP contribution in [0.4, 0.5) is 0 Å². The highest BCUT2D eigenvalue weighted by Gasteiger charge is 2.21. The predicted molar refractivity (Wildman–Crippen MR) is 64.1 cm³/mol. The molecule has 0 saturated carbocycles. The second-order valence-corrected chi connectivity index (χ2v) is 4.57. The number of ether oxygens (including phenoxy) is 1. The summed E-state index contributed by atoms with van der Waals surface area (Å²) in [4.78, 5) is 4.63. The number of nitrogens with zero attached hydrogens (tertiary/aromatic N) is 2. The first-order chi connectivity index (χ1) is 7.70. The van der Waals surface area contributed by atoms with E-state index in [2.05, 4.69) is 29.5 Å². The average molecular weight is 216 g/mol. The van der Waals surface area contributed by atoms with E-state index in [-0.39, 0.29) is 0 Å². The Morgan fingerprint density at radius 1 is 1.44 bits per heavy atom. The van der Waals surface area contributed by atoms with Gasteiger partial charge in [0.25, 0.3) is 0 Å². The number of hydrogen-bond donors (Lipinski definition) is 0. The van der Waals surface area contributed by atoms with Gasteiger partial charge in [-0.15, -0.1) is 0 Å². The maximum absolute atomic E-state index is 5.32. The molecule has 2 heterocycles. The predicted octanol–water partition coefficient (Wildman–Crippen LogP) is 2.86. The monoisotopic (exact) mass is 216 g/mol. The fourth-order valence-electron chi connectivity index (χ4n) is 2.74. The first-order valence-electron chi connectivity index (χ1n) is 5.76. The van der Waals surface area contributed by atoms with E-state index in [1.54, 1.807) is 7.11 Å². The van der Waals surface area contributed by atoms with E-state index in [9.17, 15) is 0 Å². The molecule has 1 atom stereocenters. The Morgan fingerprint density at radius 3 is 3.00 bits per heavy atom. The maximum Gasteiger partial charge on any atom is 0.121 e. The van der Waals surface area contributed by atoms with Gasteiger partial charge in [0.05, 0.1) is 18.1 Å². The second-order valence-electron chi connectivity index (χ2n) is 4.57. The molecule has 0 spiro atoms. The van der Waals surface area contributed by atoms with Gasteiger partial charge in [-0.25, -0.2) is 4.98 Å². The largest absolute Gasteiger partial charge is 0.497 e. The van der Waals surface area contributed by atoms with E-state index >= 15 is 0 Å². The van der Waals surface area contributed by atoms with Crippen LogP contribution < -0.4 is 4.74 Å². The molecule has 3 nitrogen and oxygen atoms in total. The molecule has 0 saturated heterocycles. The maximum atomic E-state index is 5.32. The molecule has 1 aromatic carbocycles. The molecule has 3 rings (SSSR count). The second kappa shape index (κ2) is 3.24. The minimum atomic E-state index is 0.561. The van der Waals surface area contributed by atoms with Crippen molar-refractivity contribution in [2.24, 2.45) is 0 Å². The van der Waals surface area contributed by atoms with E-state index in [1.165, 1.54) is 17.5 Å². The van der Waals surface area contributed by atoms with Crippen LogP contribution in [0.2, 0.25) is 0 Å². The summed E-state index contributed by atoms with van der Waals surface area (Å²) in [5, 5.41) is 0. The van der Waals surface area contributed by atoms with Gasteiger partial charge in [-0.05, 0) is 38.3 Å². The molecule has 1 aliphatic rings. The van der Waals surface area contributed by atoms with Crippen LogP contribution in [0.25, 0.3) is 11.0 Å². The fraction of sp³-hybridized carbons (Fsp3) is 0.462. The standard InChI is InChI=1S/C13H16N2O/c1-8-4-5-10-6-11(16-3)7-12-13(10)15(8)9(2)14-12/h6-8H,4-5H2,1-3H3. The lowest BCUT2D eigenvalue weighted by Crippen LogP contribution is -2.13. The van der Waals surface area contributed by atoms with Crippen molar-refractivity contribution >= 4 is 11.0 Å². The van der Waals surface area contributed by atoms with Gasteiger partial charge in [-0.2, -0.15) is 0 Å². The minimum absolute atomic E-state index is 0.561. The molecular weight excluding hydrogens is 200 g/mol. The van der Waals surface area contributed by atoms with Crippen molar-refractivity contribution in [1.82, 2.24) is 9.55 Å². The zero-order valence-corrected chi connectivity index (χ0v) is 9.95. The van der Waals surface area contributed by atoms with E-state index < -0.39 is 0 Å². The van der Waals surface area contributed by atoms with E-state index in [1.807, 2.05) is 6.07 Å². The zero-order chi connectivity index (χ0) is 11.3. The molecule has 0 N–H and O–H groups in total. The Balaban J connectivity index is 2.38. The molecule has 84 valence electrons. The third-order valence-corrected chi connectivity index (χ3v) is 3.52. The number of imidazole rings is 1. The third kappa shape index (κ3) is 1.17. The Labute approximate surface area is 95.0 Å². The summed E-state index contributed by atoms with van der Waals surface area (Å²) in [5.74, 6) is 2.03. The number of methoxy groups -OCH3 is 1. The number of benzene rings is 1. The van der Waals surface area contributed by atoms with Gasteiger partial charge in [-0.1, -0.05) is 0 Å². The van der Waals surface area contributed by atoms with E-state index in [4.69, 9.17) is 4.74 Å².